The highest BCUT2D eigenvalue weighted by molar-refractivity contribution is 7.09. The summed E-state index contributed by atoms with van der Waals surface area (Å²) in [5.74, 6) is 0. The Morgan fingerprint density at radius 1 is 1.37 bits per heavy atom. The van der Waals surface area contributed by atoms with Gasteiger partial charge in [-0.1, -0.05) is 27.7 Å². The number of thiazole rings is 1. The number of rotatable bonds is 4. The number of hydrogen-bond donors (Lipinski definition) is 2. The molecule has 1 fully saturated rings. The Labute approximate surface area is 121 Å². The van der Waals surface area contributed by atoms with Gasteiger partial charge >= 0.3 is 0 Å². The number of nitrogens with one attached hydrogen (secondary N) is 2. The molecule has 0 radical (unpaired) electrons. The van der Waals surface area contributed by atoms with Gasteiger partial charge in [0.2, 0.25) is 0 Å². The molecule has 0 bridgehead atoms. The maximum atomic E-state index is 4.96. The van der Waals surface area contributed by atoms with Crippen LogP contribution in [0, 0.1) is 0 Å². The van der Waals surface area contributed by atoms with E-state index in [0.29, 0.717) is 0 Å². The average molecular weight is 281 g/mol. The van der Waals surface area contributed by atoms with Gasteiger partial charge in [0.05, 0.1) is 11.2 Å². The molecule has 4 heteroatoms. The number of hydrogen-bond acceptors (Lipinski definition) is 4. The summed E-state index contributed by atoms with van der Waals surface area (Å²) in [5, 5.41) is 10.8. The third kappa shape index (κ3) is 3.36. The molecule has 2 N–H and O–H groups in total. The molecule has 2 rings (SSSR count). The lowest BCUT2D eigenvalue weighted by Crippen LogP contribution is -2.50. The summed E-state index contributed by atoms with van der Waals surface area (Å²) >= 11 is 1.83. The van der Waals surface area contributed by atoms with Gasteiger partial charge in [-0.2, -0.15) is 0 Å². The van der Waals surface area contributed by atoms with E-state index >= 15 is 0 Å². The van der Waals surface area contributed by atoms with E-state index in [9.17, 15) is 0 Å². The lowest BCUT2D eigenvalue weighted by Gasteiger charge is -2.37. The van der Waals surface area contributed by atoms with Gasteiger partial charge in [-0.3, -0.25) is 0 Å². The Bertz CT molecular complexity index is 400. The zero-order valence-electron chi connectivity index (χ0n) is 12.7. The van der Waals surface area contributed by atoms with Crippen LogP contribution in [0.25, 0.3) is 0 Å². The van der Waals surface area contributed by atoms with E-state index in [0.717, 1.165) is 32.5 Å². The van der Waals surface area contributed by atoms with Crippen molar-refractivity contribution in [3.63, 3.8) is 0 Å². The molecule has 1 aliphatic rings. The monoisotopic (exact) mass is 281 g/mol. The molecule has 19 heavy (non-hydrogen) atoms. The van der Waals surface area contributed by atoms with Gasteiger partial charge in [0, 0.05) is 10.8 Å². The van der Waals surface area contributed by atoms with Crippen molar-refractivity contribution in [3.8, 4) is 0 Å². The molecule has 2 heterocycles. The summed E-state index contributed by atoms with van der Waals surface area (Å²) < 4.78 is 0. The molecule has 1 aliphatic heterocycles. The van der Waals surface area contributed by atoms with Gasteiger partial charge in [0.1, 0.15) is 5.01 Å². The first-order valence-electron chi connectivity index (χ1n) is 7.40. The summed E-state index contributed by atoms with van der Waals surface area (Å²) in [7, 11) is 0. The minimum Gasteiger partial charge on any atom is -0.317 e. The van der Waals surface area contributed by atoms with Crippen LogP contribution in [-0.2, 0) is 11.0 Å². The van der Waals surface area contributed by atoms with Gasteiger partial charge in [-0.05, 0) is 38.9 Å². The summed E-state index contributed by atoms with van der Waals surface area (Å²) in [4.78, 5) is 4.96. The molecule has 1 aromatic rings. The van der Waals surface area contributed by atoms with Crippen LogP contribution in [0.4, 0.5) is 0 Å². The highest BCUT2D eigenvalue weighted by atomic mass is 32.1. The largest absolute Gasteiger partial charge is 0.317 e. The molecule has 0 spiro atoms. The number of piperidine rings is 1. The van der Waals surface area contributed by atoms with E-state index in [4.69, 9.17) is 4.98 Å². The van der Waals surface area contributed by atoms with E-state index in [-0.39, 0.29) is 11.0 Å². The van der Waals surface area contributed by atoms with Crippen LogP contribution in [0.5, 0.6) is 0 Å². The molecular weight excluding hydrogens is 254 g/mol. The van der Waals surface area contributed by atoms with Gasteiger partial charge in [-0.25, -0.2) is 4.98 Å². The van der Waals surface area contributed by atoms with Crippen LogP contribution in [0.3, 0.4) is 0 Å². The van der Waals surface area contributed by atoms with E-state index in [2.05, 4.69) is 43.7 Å². The highest BCUT2D eigenvalue weighted by Gasteiger charge is 2.36. The van der Waals surface area contributed by atoms with Crippen LogP contribution in [0.1, 0.15) is 57.7 Å². The zero-order valence-corrected chi connectivity index (χ0v) is 13.5. The molecule has 0 amide bonds. The minimum absolute atomic E-state index is 0.107. The molecule has 1 aromatic heterocycles. The lowest BCUT2D eigenvalue weighted by molar-refractivity contribution is 0.245. The van der Waals surface area contributed by atoms with Crippen molar-refractivity contribution in [2.45, 2.75) is 57.9 Å². The first kappa shape index (κ1) is 14.9. The first-order valence-corrected chi connectivity index (χ1v) is 8.28. The maximum Gasteiger partial charge on any atom is 0.113 e. The van der Waals surface area contributed by atoms with Gasteiger partial charge in [0.25, 0.3) is 0 Å². The molecule has 3 nitrogen and oxygen atoms in total. The molecule has 0 aromatic carbocycles. The molecule has 108 valence electrons. The SMILES string of the molecule is CCCNC1(c2nc(C(C)(C)C)cs2)CCNCC1. The Hall–Kier alpha value is -0.450. The predicted octanol–water partition coefficient (Wildman–Crippen LogP) is 3.02. The van der Waals surface area contributed by atoms with Crippen molar-refractivity contribution in [2.24, 2.45) is 0 Å². The van der Waals surface area contributed by atoms with Crippen molar-refractivity contribution in [3.05, 3.63) is 16.1 Å². The van der Waals surface area contributed by atoms with Gasteiger partial charge in [0.15, 0.2) is 0 Å². The molecular formula is C15H27N3S. The Morgan fingerprint density at radius 2 is 2.05 bits per heavy atom. The zero-order chi connectivity index (χ0) is 13.9. The van der Waals surface area contributed by atoms with E-state index in [1.54, 1.807) is 0 Å². The van der Waals surface area contributed by atoms with Crippen LogP contribution >= 0.6 is 11.3 Å². The molecule has 0 saturated carbocycles. The maximum absolute atomic E-state index is 4.96. The fourth-order valence-electron chi connectivity index (χ4n) is 2.52. The highest BCUT2D eigenvalue weighted by Crippen LogP contribution is 2.35. The Balaban J connectivity index is 2.25. The van der Waals surface area contributed by atoms with Crippen molar-refractivity contribution >= 4 is 11.3 Å². The second kappa shape index (κ2) is 5.90. The topological polar surface area (TPSA) is 37.0 Å². The smallest absolute Gasteiger partial charge is 0.113 e. The Kier molecular flexibility index (Phi) is 4.64. The molecule has 0 unspecified atom stereocenters. The van der Waals surface area contributed by atoms with Crippen LogP contribution in [0.2, 0.25) is 0 Å². The Morgan fingerprint density at radius 3 is 2.58 bits per heavy atom. The predicted molar refractivity (Wildman–Crippen MR) is 82.9 cm³/mol. The summed E-state index contributed by atoms with van der Waals surface area (Å²) in [6.07, 6.45) is 3.46. The normalized spacial score (nSPS) is 19.6. The fraction of sp³-hybridized carbons (Fsp3) is 0.800. The van der Waals surface area contributed by atoms with E-state index < -0.39 is 0 Å². The molecule has 0 aliphatic carbocycles. The number of aromatic nitrogens is 1. The van der Waals surface area contributed by atoms with Crippen LogP contribution in [0.15, 0.2) is 5.38 Å². The third-order valence-corrected chi connectivity index (χ3v) is 4.90. The van der Waals surface area contributed by atoms with Crippen molar-refractivity contribution in [1.82, 2.24) is 15.6 Å². The van der Waals surface area contributed by atoms with Gasteiger partial charge < -0.3 is 10.6 Å². The minimum atomic E-state index is 0.107. The molecule has 1 saturated heterocycles. The fourth-order valence-corrected chi connectivity index (χ4v) is 3.80. The van der Waals surface area contributed by atoms with Crippen molar-refractivity contribution in [2.75, 3.05) is 19.6 Å². The quantitative estimate of drug-likeness (QED) is 0.891. The van der Waals surface area contributed by atoms with E-state index in [1.807, 2.05) is 11.3 Å². The second-order valence-corrected chi connectivity index (χ2v) is 7.40. The summed E-state index contributed by atoms with van der Waals surface area (Å²) in [6.45, 7) is 12.2. The van der Waals surface area contributed by atoms with E-state index in [1.165, 1.54) is 17.1 Å². The molecule has 0 atom stereocenters. The van der Waals surface area contributed by atoms with Gasteiger partial charge in [-0.15, -0.1) is 11.3 Å². The lowest BCUT2D eigenvalue weighted by atomic mass is 9.88. The number of nitrogens with zero attached hydrogens (tertiary/aromatic N) is 1. The standard InChI is InChI=1S/C15H27N3S/c1-5-8-17-15(6-9-16-10-7-15)13-18-12(11-19-13)14(2,3)4/h11,16-17H,5-10H2,1-4H3. The average Bonchev–Trinajstić information content (AvgIpc) is 2.87. The second-order valence-electron chi connectivity index (χ2n) is 6.55. The first-order chi connectivity index (χ1) is 8.98. The van der Waals surface area contributed by atoms with Crippen molar-refractivity contribution in [1.29, 1.82) is 0 Å². The summed E-state index contributed by atoms with van der Waals surface area (Å²) in [5.41, 5.74) is 1.48. The third-order valence-electron chi connectivity index (χ3n) is 3.85. The van der Waals surface area contributed by atoms with Crippen molar-refractivity contribution < 1.29 is 0 Å². The summed E-state index contributed by atoms with van der Waals surface area (Å²) in [6, 6.07) is 0. The van der Waals surface area contributed by atoms with Crippen LogP contribution < -0.4 is 10.6 Å². The van der Waals surface area contributed by atoms with Crippen LogP contribution in [-0.4, -0.2) is 24.6 Å².